The second-order valence-electron chi connectivity index (χ2n) is 9.41. The normalized spacial score (nSPS) is 12.7. The largest absolute Gasteiger partial charge is 0.353 e. The molecule has 1 heterocycles. The Morgan fingerprint density at radius 2 is 1.86 bits per heavy atom. The van der Waals surface area contributed by atoms with Crippen molar-refractivity contribution >= 4 is 44.3 Å². The maximum absolute atomic E-state index is 13.4. The lowest BCUT2D eigenvalue weighted by atomic mass is 9.86. The van der Waals surface area contributed by atoms with E-state index in [1.54, 1.807) is 55.8 Å². The van der Waals surface area contributed by atoms with Gasteiger partial charge in [0, 0.05) is 17.0 Å². The Hall–Kier alpha value is -3.46. The minimum atomic E-state index is -3.75. The van der Waals surface area contributed by atoms with Gasteiger partial charge in [-0.15, -0.1) is 0 Å². The molecule has 36 heavy (non-hydrogen) atoms. The highest BCUT2D eigenvalue weighted by atomic mass is 35.5. The number of rotatable bonds is 8. The maximum Gasteiger partial charge on any atom is 0.273 e. The maximum atomic E-state index is 13.4. The summed E-state index contributed by atoms with van der Waals surface area (Å²) in [6.07, 6.45) is 0. The Morgan fingerprint density at radius 1 is 1.19 bits per heavy atom. The molecule has 0 bridgehead atoms. The van der Waals surface area contributed by atoms with Crippen LogP contribution in [0.4, 0.5) is 0 Å². The molecular formula is C24H27ClN6O4S. The third-order valence-electron chi connectivity index (χ3n) is 5.43. The first kappa shape index (κ1) is 27.1. The van der Waals surface area contributed by atoms with Gasteiger partial charge >= 0.3 is 0 Å². The van der Waals surface area contributed by atoms with Gasteiger partial charge in [-0.1, -0.05) is 44.5 Å². The van der Waals surface area contributed by atoms with Crippen LogP contribution in [0.25, 0.3) is 10.9 Å². The van der Waals surface area contributed by atoms with Gasteiger partial charge in [0.15, 0.2) is 5.69 Å². The second kappa shape index (κ2) is 10.7. The Labute approximate surface area is 214 Å². The van der Waals surface area contributed by atoms with E-state index in [2.05, 4.69) is 21.8 Å². The van der Waals surface area contributed by atoms with Crippen LogP contribution in [0.1, 0.15) is 42.4 Å². The number of sulfonamides is 1. The predicted molar refractivity (Wildman–Crippen MR) is 137 cm³/mol. The van der Waals surface area contributed by atoms with E-state index >= 15 is 0 Å². The molecule has 1 atom stereocenters. The van der Waals surface area contributed by atoms with Crippen molar-refractivity contribution in [3.05, 3.63) is 64.3 Å². The molecule has 12 heteroatoms. The number of aromatic nitrogens is 2. The van der Waals surface area contributed by atoms with Crippen LogP contribution in [0.3, 0.4) is 0 Å². The van der Waals surface area contributed by atoms with E-state index in [0.29, 0.717) is 28.0 Å². The summed E-state index contributed by atoms with van der Waals surface area (Å²) in [4.78, 5) is 26.2. The summed E-state index contributed by atoms with van der Waals surface area (Å²) in [6.45, 7) is 5.48. The van der Waals surface area contributed by atoms with Crippen molar-refractivity contribution in [2.24, 2.45) is 10.6 Å². The fourth-order valence-corrected chi connectivity index (χ4v) is 4.15. The van der Waals surface area contributed by atoms with Crippen molar-refractivity contribution in [2.75, 3.05) is 12.3 Å². The summed E-state index contributed by atoms with van der Waals surface area (Å²) in [5, 5.41) is 24.7. The van der Waals surface area contributed by atoms with Gasteiger partial charge in [-0.25, -0.2) is 13.6 Å². The van der Waals surface area contributed by atoms with E-state index in [9.17, 15) is 18.0 Å². The molecule has 0 saturated carbocycles. The second-order valence-corrected chi connectivity index (χ2v) is 11.6. The molecule has 1 aromatic heterocycles. The standard InChI is InChI=1S/C24H27ClN6O4S/c1-24(2,3)21(23(33)28-10-11-36(27,34)35)29-22(32)20-18-12-17(25)8-9-19(18)31(30-20)14-16-6-4-15(13-26)5-7-16/h4-9,12,21H,10-11,14H2,1-3H3,(H,28,33)(H,29,32)(H2,27,34,35)/t21-/m1/s1. The van der Waals surface area contributed by atoms with Crippen LogP contribution in [0.15, 0.2) is 42.5 Å². The van der Waals surface area contributed by atoms with Gasteiger partial charge in [-0.2, -0.15) is 10.4 Å². The molecular weight excluding hydrogens is 504 g/mol. The van der Waals surface area contributed by atoms with Gasteiger partial charge in [0.25, 0.3) is 5.91 Å². The van der Waals surface area contributed by atoms with Crippen LogP contribution in [0, 0.1) is 16.7 Å². The molecule has 2 amide bonds. The van der Waals surface area contributed by atoms with Crippen LogP contribution < -0.4 is 15.8 Å². The smallest absolute Gasteiger partial charge is 0.273 e. The van der Waals surface area contributed by atoms with E-state index in [-0.39, 0.29) is 12.2 Å². The first-order valence-corrected chi connectivity index (χ1v) is 13.1. The van der Waals surface area contributed by atoms with Crippen LogP contribution in [-0.2, 0) is 21.4 Å². The average Bonchev–Trinajstić information content (AvgIpc) is 3.13. The third-order valence-corrected chi connectivity index (χ3v) is 6.44. The van der Waals surface area contributed by atoms with Gasteiger partial charge < -0.3 is 10.6 Å². The summed E-state index contributed by atoms with van der Waals surface area (Å²) in [5.41, 5.74) is 1.47. The molecule has 3 rings (SSSR count). The first-order chi connectivity index (χ1) is 16.8. The highest BCUT2D eigenvalue weighted by Gasteiger charge is 2.34. The number of halogens is 1. The van der Waals surface area contributed by atoms with Crippen molar-refractivity contribution in [1.29, 1.82) is 5.26 Å². The molecule has 0 spiro atoms. The Balaban J connectivity index is 1.90. The molecule has 0 fully saturated rings. The fraction of sp³-hybridized carbons (Fsp3) is 0.333. The number of primary sulfonamides is 1. The molecule has 190 valence electrons. The Morgan fingerprint density at radius 3 is 2.44 bits per heavy atom. The molecule has 2 aromatic carbocycles. The number of nitriles is 1. The molecule has 0 aliphatic rings. The van der Waals surface area contributed by atoms with Gasteiger partial charge in [0.2, 0.25) is 15.9 Å². The number of hydrogen-bond acceptors (Lipinski definition) is 6. The first-order valence-electron chi connectivity index (χ1n) is 11.0. The Kier molecular flexibility index (Phi) is 8.03. The zero-order valence-electron chi connectivity index (χ0n) is 20.1. The topological polar surface area (TPSA) is 160 Å². The van der Waals surface area contributed by atoms with Crippen molar-refractivity contribution in [2.45, 2.75) is 33.4 Å². The highest BCUT2D eigenvalue weighted by molar-refractivity contribution is 7.89. The lowest BCUT2D eigenvalue weighted by molar-refractivity contribution is -0.125. The summed E-state index contributed by atoms with van der Waals surface area (Å²) in [5.74, 6) is -1.55. The number of hydrogen-bond donors (Lipinski definition) is 3. The van der Waals surface area contributed by atoms with Crippen molar-refractivity contribution in [3.8, 4) is 6.07 Å². The van der Waals surface area contributed by atoms with Crippen LogP contribution in [0.2, 0.25) is 5.02 Å². The van der Waals surface area contributed by atoms with Gasteiger partial charge in [-0.05, 0) is 41.3 Å². The number of carbonyl (C=O) groups excluding carboxylic acids is 2. The molecule has 10 nitrogen and oxygen atoms in total. The summed E-state index contributed by atoms with van der Waals surface area (Å²) in [6, 6.07) is 13.2. The fourth-order valence-electron chi connectivity index (χ4n) is 3.59. The number of nitrogens with two attached hydrogens (primary N) is 1. The van der Waals surface area contributed by atoms with E-state index in [0.717, 1.165) is 5.56 Å². The zero-order chi connectivity index (χ0) is 26.7. The monoisotopic (exact) mass is 530 g/mol. The number of fused-ring (bicyclic) bond motifs is 1. The molecule has 0 aliphatic heterocycles. The molecule has 0 radical (unpaired) electrons. The van der Waals surface area contributed by atoms with Crippen LogP contribution in [-0.4, -0.2) is 48.4 Å². The molecule has 0 unspecified atom stereocenters. The molecule has 3 aromatic rings. The number of amides is 2. The lowest BCUT2D eigenvalue weighted by Gasteiger charge is -2.30. The minimum absolute atomic E-state index is 0.0905. The number of nitrogens with one attached hydrogen (secondary N) is 2. The molecule has 4 N–H and O–H groups in total. The third kappa shape index (κ3) is 6.81. The minimum Gasteiger partial charge on any atom is -0.353 e. The lowest BCUT2D eigenvalue weighted by Crippen LogP contribution is -2.54. The van der Waals surface area contributed by atoms with Gasteiger partial charge in [0.1, 0.15) is 6.04 Å². The molecule has 0 aliphatic carbocycles. The zero-order valence-corrected chi connectivity index (χ0v) is 21.7. The number of nitrogens with zero attached hydrogens (tertiary/aromatic N) is 3. The predicted octanol–water partition coefficient (Wildman–Crippen LogP) is 2.16. The van der Waals surface area contributed by atoms with Gasteiger partial charge in [0.05, 0.1) is 29.4 Å². The van der Waals surface area contributed by atoms with Gasteiger partial charge in [-0.3, -0.25) is 14.3 Å². The average molecular weight is 531 g/mol. The molecule has 0 saturated heterocycles. The van der Waals surface area contributed by atoms with Crippen molar-refractivity contribution < 1.29 is 18.0 Å². The number of benzene rings is 2. The summed E-state index contributed by atoms with van der Waals surface area (Å²) in [7, 11) is -3.75. The highest BCUT2D eigenvalue weighted by Crippen LogP contribution is 2.25. The summed E-state index contributed by atoms with van der Waals surface area (Å²) >= 11 is 6.20. The Bertz CT molecular complexity index is 1440. The van der Waals surface area contributed by atoms with Crippen LogP contribution in [0.5, 0.6) is 0 Å². The van der Waals surface area contributed by atoms with Crippen molar-refractivity contribution in [1.82, 2.24) is 20.4 Å². The van der Waals surface area contributed by atoms with E-state index < -0.39 is 39.0 Å². The summed E-state index contributed by atoms with van der Waals surface area (Å²) < 4.78 is 24.0. The van der Waals surface area contributed by atoms with Crippen LogP contribution >= 0.6 is 11.6 Å². The van der Waals surface area contributed by atoms with E-state index in [1.807, 2.05) is 12.1 Å². The number of carbonyl (C=O) groups is 2. The van der Waals surface area contributed by atoms with Crippen molar-refractivity contribution in [3.63, 3.8) is 0 Å². The SMILES string of the molecule is CC(C)(C)[C@H](NC(=O)c1nn(Cc2ccc(C#N)cc2)c2ccc(Cl)cc12)C(=O)NCCS(N)(=O)=O. The quantitative estimate of drug-likeness (QED) is 0.404. The van der Waals surface area contributed by atoms with E-state index in [1.165, 1.54) is 0 Å². The van der Waals surface area contributed by atoms with E-state index in [4.69, 9.17) is 22.0 Å².